The zero-order chi connectivity index (χ0) is 12.5. The van der Waals surface area contributed by atoms with Crippen molar-refractivity contribution in [3.8, 4) is 0 Å². The zero-order valence-corrected chi connectivity index (χ0v) is 10.6. The van der Waals surface area contributed by atoms with Gasteiger partial charge in [-0.1, -0.05) is 30.3 Å². The summed E-state index contributed by atoms with van der Waals surface area (Å²) in [4.78, 5) is 13.5. The molecule has 2 aliphatic rings. The molecule has 96 valence electrons. The van der Waals surface area contributed by atoms with Crippen LogP contribution in [0, 0.1) is 5.92 Å². The number of nitrogens with zero attached hydrogens (tertiary/aromatic N) is 1. The predicted molar refractivity (Wildman–Crippen MR) is 69.6 cm³/mol. The third kappa shape index (κ3) is 2.02. The topological polar surface area (TPSA) is 44.4 Å². The summed E-state index contributed by atoms with van der Waals surface area (Å²) in [6, 6.07) is 11.2. The van der Waals surface area contributed by atoms with E-state index in [1.807, 2.05) is 11.0 Å². The summed E-state index contributed by atoms with van der Waals surface area (Å²) in [6.45, 7) is 3.37. The van der Waals surface area contributed by atoms with Crippen molar-refractivity contribution in [2.24, 2.45) is 5.92 Å². The Bertz CT molecular complexity index is 434. The molecular formula is C14H19N3O. The number of carbonyl (C=O) groups is 1. The number of amides is 1. The van der Waals surface area contributed by atoms with E-state index in [2.05, 4.69) is 35.1 Å². The van der Waals surface area contributed by atoms with Crippen molar-refractivity contribution in [3.05, 3.63) is 35.9 Å². The van der Waals surface area contributed by atoms with Gasteiger partial charge < -0.3 is 4.90 Å². The van der Waals surface area contributed by atoms with Crippen molar-refractivity contribution in [2.75, 3.05) is 13.1 Å². The number of benzene rings is 1. The number of hydrogen-bond acceptors (Lipinski definition) is 3. The number of hydrogen-bond donors (Lipinski definition) is 2. The maximum Gasteiger partial charge on any atom is 0.219 e. The molecule has 0 spiro atoms. The lowest BCUT2D eigenvalue weighted by molar-refractivity contribution is -0.130. The SMILES string of the molecule is CC(=O)N1CCC2NNC(c3ccccc3)C2C1. The van der Waals surface area contributed by atoms with E-state index in [0.717, 1.165) is 19.5 Å². The lowest BCUT2D eigenvalue weighted by Crippen LogP contribution is -2.47. The van der Waals surface area contributed by atoms with Gasteiger partial charge in [-0.15, -0.1) is 0 Å². The predicted octanol–water partition coefficient (Wildman–Crippen LogP) is 1.07. The second kappa shape index (κ2) is 4.71. The molecule has 1 amide bonds. The summed E-state index contributed by atoms with van der Waals surface area (Å²) in [5, 5.41) is 0. The number of rotatable bonds is 1. The van der Waals surface area contributed by atoms with Crippen LogP contribution in [0.15, 0.2) is 30.3 Å². The Hall–Kier alpha value is -1.39. The van der Waals surface area contributed by atoms with Gasteiger partial charge in [-0.25, -0.2) is 5.43 Å². The first-order valence-corrected chi connectivity index (χ1v) is 6.57. The summed E-state index contributed by atoms with van der Waals surface area (Å²) >= 11 is 0. The Morgan fingerprint density at radius 2 is 2.06 bits per heavy atom. The number of fused-ring (bicyclic) bond motifs is 1. The molecule has 3 rings (SSSR count). The average molecular weight is 245 g/mol. The van der Waals surface area contributed by atoms with Crippen LogP contribution in [-0.2, 0) is 4.79 Å². The lowest BCUT2D eigenvalue weighted by Gasteiger charge is -2.35. The molecule has 0 saturated carbocycles. The molecule has 0 aliphatic carbocycles. The molecule has 2 saturated heterocycles. The van der Waals surface area contributed by atoms with Gasteiger partial charge in [-0.05, 0) is 12.0 Å². The Labute approximate surface area is 107 Å². The minimum absolute atomic E-state index is 0.187. The normalized spacial score (nSPS) is 31.2. The first kappa shape index (κ1) is 11.7. The second-order valence-electron chi connectivity index (χ2n) is 5.20. The summed E-state index contributed by atoms with van der Waals surface area (Å²) in [5.74, 6) is 0.650. The van der Waals surface area contributed by atoms with Gasteiger partial charge in [0.2, 0.25) is 5.91 Å². The Morgan fingerprint density at radius 1 is 1.28 bits per heavy atom. The van der Waals surface area contributed by atoms with E-state index in [-0.39, 0.29) is 5.91 Å². The highest BCUT2D eigenvalue weighted by Gasteiger charge is 2.40. The van der Waals surface area contributed by atoms with Gasteiger partial charge in [0.05, 0.1) is 6.04 Å². The van der Waals surface area contributed by atoms with Gasteiger partial charge in [0, 0.05) is 32.0 Å². The molecule has 4 nitrogen and oxygen atoms in total. The molecule has 1 aromatic carbocycles. The maximum absolute atomic E-state index is 11.5. The van der Waals surface area contributed by atoms with Crippen LogP contribution in [0.4, 0.5) is 0 Å². The molecule has 3 atom stereocenters. The van der Waals surface area contributed by atoms with Crippen LogP contribution >= 0.6 is 0 Å². The molecule has 0 aromatic heterocycles. The van der Waals surface area contributed by atoms with Crippen LogP contribution in [0.2, 0.25) is 0 Å². The number of hydrazine groups is 1. The summed E-state index contributed by atoms with van der Waals surface area (Å²) in [7, 11) is 0. The second-order valence-corrected chi connectivity index (χ2v) is 5.20. The standard InChI is InChI=1S/C14H19N3O/c1-10(18)17-8-7-13-12(9-17)14(16-15-13)11-5-3-2-4-6-11/h2-6,12-16H,7-9H2,1H3. The first-order valence-electron chi connectivity index (χ1n) is 6.57. The summed E-state index contributed by atoms with van der Waals surface area (Å²) < 4.78 is 0. The van der Waals surface area contributed by atoms with Gasteiger partial charge >= 0.3 is 0 Å². The number of likely N-dealkylation sites (tertiary alicyclic amines) is 1. The van der Waals surface area contributed by atoms with E-state index in [0.29, 0.717) is 18.0 Å². The molecule has 0 radical (unpaired) electrons. The van der Waals surface area contributed by atoms with E-state index in [9.17, 15) is 4.79 Å². The number of piperidine rings is 1. The Kier molecular flexibility index (Phi) is 3.06. The maximum atomic E-state index is 11.5. The smallest absolute Gasteiger partial charge is 0.219 e. The van der Waals surface area contributed by atoms with Crippen LogP contribution in [0.1, 0.15) is 24.9 Å². The zero-order valence-electron chi connectivity index (χ0n) is 10.6. The fourth-order valence-electron chi connectivity index (χ4n) is 3.08. The fraction of sp³-hybridized carbons (Fsp3) is 0.500. The van der Waals surface area contributed by atoms with E-state index in [1.165, 1.54) is 5.56 Å². The molecule has 2 N–H and O–H groups in total. The minimum Gasteiger partial charge on any atom is -0.342 e. The van der Waals surface area contributed by atoms with Gasteiger partial charge in [0.15, 0.2) is 0 Å². The Morgan fingerprint density at radius 3 is 2.78 bits per heavy atom. The highest BCUT2D eigenvalue weighted by Crippen LogP contribution is 2.33. The molecule has 2 fully saturated rings. The third-order valence-electron chi connectivity index (χ3n) is 4.11. The van der Waals surface area contributed by atoms with E-state index in [4.69, 9.17) is 0 Å². The largest absolute Gasteiger partial charge is 0.342 e. The van der Waals surface area contributed by atoms with Crippen LogP contribution < -0.4 is 10.9 Å². The van der Waals surface area contributed by atoms with E-state index < -0.39 is 0 Å². The molecule has 18 heavy (non-hydrogen) atoms. The van der Waals surface area contributed by atoms with Gasteiger partial charge in [0.25, 0.3) is 0 Å². The highest BCUT2D eigenvalue weighted by molar-refractivity contribution is 5.73. The molecular weight excluding hydrogens is 226 g/mol. The minimum atomic E-state index is 0.187. The van der Waals surface area contributed by atoms with Crippen molar-refractivity contribution in [1.82, 2.24) is 15.8 Å². The van der Waals surface area contributed by atoms with E-state index in [1.54, 1.807) is 6.92 Å². The molecule has 2 heterocycles. The van der Waals surface area contributed by atoms with Crippen LogP contribution in [-0.4, -0.2) is 29.9 Å². The van der Waals surface area contributed by atoms with Crippen molar-refractivity contribution >= 4 is 5.91 Å². The molecule has 1 aromatic rings. The highest BCUT2D eigenvalue weighted by atomic mass is 16.2. The average Bonchev–Trinajstić information content (AvgIpc) is 2.82. The van der Waals surface area contributed by atoms with E-state index >= 15 is 0 Å². The molecule has 2 aliphatic heterocycles. The van der Waals surface area contributed by atoms with Crippen LogP contribution in [0.25, 0.3) is 0 Å². The first-order chi connectivity index (χ1) is 8.75. The fourth-order valence-corrected chi connectivity index (χ4v) is 3.08. The van der Waals surface area contributed by atoms with Crippen LogP contribution in [0.5, 0.6) is 0 Å². The van der Waals surface area contributed by atoms with Gasteiger partial charge in [-0.2, -0.15) is 0 Å². The van der Waals surface area contributed by atoms with Crippen molar-refractivity contribution in [2.45, 2.75) is 25.4 Å². The quantitative estimate of drug-likeness (QED) is 0.778. The number of nitrogens with one attached hydrogen (secondary N) is 2. The van der Waals surface area contributed by atoms with Crippen molar-refractivity contribution in [3.63, 3.8) is 0 Å². The van der Waals surface area contributed by atoms with Gasteiger partial charge in [-0.3, -0.25) is 10.2 Å². The van der Waals surface area contributed by atoms with Crippen molar-refractivity contribution in [1.29, 1.82) is 0 Å². The summed E-state index contributed by atoms with van der Waals surface area (Å²) in [5.41, 5.74) is 8.06. The Balaban J connectivity index is 1.80. The van der Waals surface area contributed by atoms with Crippen molar-refractivity contribution < 1.29 is 4.79 Å². The van der Waals surface area contributed by atoms with Crippen LogP contribution in [0.3, 0.4) is 0 Å². The lowest BCUT2D eigenvalue weighted by atomic mass is 9.85. The summed E-state index contributed by atoms with van der Waals surface area (Å²) in [6.07, 6.45) is 1.03. The third-order valence-corrected chi connectivity index (χ3v) is 4.11. The molecule has 4 heteroatoms. The molecule has 0 bridgehead atoms. The number of carbonyl (C=O) groups excluding carboxylic acids is 1. The molecule has 3 unspecified atom stereocenters. The monoisotopic (exact) mass is 245 g/mol. The van der Waals surface area contributed by atoms with Gasteiger partial charge in [0.1, 0.15) is 0 Å².